The van der Waals surface area contributed by atoms with E-state index in [0.29, 0.717) is 6.54 Å². The first-order chi connectivity index (χ1) is 10.3. The average Bonchev–Trinajstić information content (AvgIpc) is 2.76. The molecular weight excluding hydrogens is 260 g/mol. The van der Waals surface area contributed by atoms with Gasteiger partial charge in [0.25, 0.3) is 0 Å². The third kappa shape index (κ3) is 5.33. The number of ether oxygens (including phenoxy) is 1. The number of rotatable bonds is 7. The standard InChI is InChI=1S/C18H30N2O/c1-2-17-9-4-3-5-11-20(17)12-7-13-21-18-10-6-8-16(14-18)15-19/h6,8,10,14,17H,2-5,7,9,11-13,15,19H2,1H3. The van der Waals surface area contributed by atoms with Gasteiger partial charge in [0.1, 0.15) is 5.75 Å². The SMILES string of the molecule is CCC1CCCCCN1CCCOc1cccc(CN)c1. The van der Waals surface area contributed by atoms with Gasteiger partial charge in [-0.05, 0) is 49.9 Å². The lowest BCUT2D eigenvalue weighted by molar-refractivity contribution is 0.177. The molecule has 21 heavy (non-hydrogen) atoms. The molecule has 1 aliphatic heterocycles. The fourth-order valence-electron chi connectivity index (χ4n) is 3.21. The number of benzene rings is 1. The fraction of sp³-hybridized carbons (Fsp3) is 0.667. The number of likely N-dealkylation sites (tertiary alicyclic amines) is 1. The average molecular weight is 290 g/mol. The van der Waals surface area contributed by atoms with Gasteiger partial charge >= 0.3 is 0 Å². The zero-order valence-corrected chi connectivity index (χ0v) is 13.4. The van der Waals surface area contributed by atoms with Crippen LogP contribution in [0.4, 0.5) is 0 Å². The Labute approximate surface area is 129 Å². The molecule has 0 aromatic heterocycles. The Morgan fingerprint density at radius 1 is 1.29 bits per heavy atom. The maximum absolute atomic E-state index is 5.86. The monoisotopic (exact) mass is 290 g/mol. The Hall–Kier alpha value is -1.06. The summed E-state index contributed by atoms with van der Waals surface area (Å²) in [6.07, 6.45) is 7.90. The highest BCUT2D eigenvalue weighted by molar-refractivity contribution is 5.28. The van der Waals surface area contributed by atoms with E-state index >= 15 is 0 Å². The summed E-state index contributed by atoms with van der Waals surface area (Å²) in [7, 11) is 0. The topological polar surface area (TPSA) is 38.5 Å². The van der Waals surface area contributed by atoms with E-state index in [2.05, 4.69) is 11.8 Å². The molecule has 2 rings (SSSR count). The molecule has 3 nitrogen and oxygen atoms in total. The molecule has 0 saturated carbocycles. The van der Waals surface area contributed by atoms with Gasteiger partial charge in [0, 0.05) is 19.1 Å². The smallest absolute Gasteiger partial charge is 0.119 e. The van der Waals surface area contributed by atoms with Crippen LogP contribution >= 0.6 is 0 Å². The molecule has 2 N–H and O–H groups in total. The summed E-state index contributed by atoms with van der Waals surface area (Å²) in [5, 5.41) is 0. The molecule has 1 saturated heterocycles. The van der Waals surface area contributed by atoms with E-state index in [0.717, 1.165) is 36.9 Å². The second kappa shape index (κ2) is 9.06. The van der Waals surface area contributed by atoms with Gasteiger partial charge in [-0.2, -0.15) is 0 Å². The summed E-state index contributed by atoms with van der Waals surface area (Å²) in [6.45, 7) is 6.11. The van der Waals surface area contributed by atoms with Crippen LogP contribution in [0, 0.1) is 0 Å². The van der Waals surface area contributed by atoms with Gasteiger partial charge in [-0.15, -0.1) is 0 Å². The van der Waals surface area contributed by atoms with Gasteiger partial charge in [-0.3, -0.25) is 0 Å². The van der Waals surface area contributed by atoms with Crippen molar-refractivity contribution in [2.45, 2.75) is 58.0 Å². The van der Waals surface area contributed by atoms with E-state index in [4.69, 9.17) is 10.5 Å². The molecule has 1 aliphatic rings. The number of hydrogen-bond acceptors (Lipinski definition) is 3. The predicted molar refractivity (Wildman–Crippen MR) is 88.6 cm³/mol. The third-order valence-electron chi connectivity index (χ3n) is 4.46. The summed E-state index contributed by atoms with van der Waals surface area (Å²) in [4.78, 5) is 2.67. The van der Waals surface area contributed by atoms with Crippen LogP contribution < -0.4 is 10.5 Å². The molecule has 1 atom stereocenters. The van der Waals surface area contributed by atoms with Gasteiger partial charge in [-0.25, -0.2) is 0 Å². The molecule has 0 spiro atoms. The molecule has 1 heterocycles. The largest absolute Gasteiger partial charge is 0.494 e. The van der Waals surface area contributed by atoms with E-state index in [1.807, 2.05) is 24.3 Å². The summed E-state index contributed by atoms with van der Waals surface area (Å²) in [5.41, 5.74) is 6.78. The Bertz CT molecular complexity index is 408. The van der Waals surface area contributed by atoms with Crippen LogP contribution in [0.15, 0.2) is 24.3 Å². The lowest BCUT2D eigenvalue weighted by atomic mass is 10.1. The van der Waals surface area contributed by atoms with Gasteiger partial charge in [0.05, 0.1) is 6.61 Å². The zero-order valence-electron chi connectivity index (χ0n) is 13.4. The molecule has 0 bridgehead atoms. The minimum Gasteiger partial charge on any atom is -0.494 e. The molecule has 118 valence electrons. The first-order valence-electron chi connectivity index (χ1n) is 8.49. The molecule has 3 heteroatoms. The van der Waals surface area contributed by atoms with E-state index in [-0.39, 0.29) is 0 Å². The first kappa shape index (κ1) is 16.3. The van der Waals surface area contributed by atoms with Crippen LogP contribution in [-0.4, -0.2) is 30.6 Å². The number of hydrogen-bond donors (Lipinski definition) is 1. The molecular formula is C18H30N2O. The quantitative estimate of drug-likeness (QED) is 0.780. The molecule has 1 unspecified atom stereocenters. The molecule has 0 aliphatic carbocycles. The van der Waals surface area contributed by atoms with Crippen LogP contribution in [0.5, 0.6) is 5.75 Å². The maximum atomic E-state index is 5.86. The Balaban J connectivity index is 1.72. The van der Waals surface area contributed by atoms with Gasteiger partial charge < -0.3 is 15.4 Å². The van der Waals surface area contributed by atoms with Crippen LogP contribution in [0.1, 0.15) is 51.0 Å². The van der Waals surface area contributed by atoms with Crippen molar-refractivity contribution in [3.05, 3.63) is 29.8 Å². The van der Waals surface area contributed by atoms with Crippen molar-refractivity contribution in [2.24, 2.45) is 5.73 Å². The lowest BCUT2D eigenvalue weighted by Gasteiger charge is -2.29. The van der Waals surface area contributed by atoms with E-state index in [1.165, 1.54) is 38.6 Å². The van der Waals surface area contributed by atoms with Crippen LogP contribution in [0.25, 0.3) is 0 Å². The fourth-order valence-corrected chi connectivity index (χ4v) is 3.21. The van der Waals surface area contributed by atoms with Gasteiger partial charge in [0.2, 0.25) is 0 Å². The van der Waals surface area contributed by atoms with Crippen LogP contribution in [-0.2, 0) is 6.54 Å². The summed E-state index contributed by atoms with van der Waals surface area (Å²) >= 11 is 0. The highest BCUT2D eigenvalue weighted by Crippen LogP contribution is 2.19. The van der Waals surface area contributed by atoms with E-state index in [9.17, 15) is 0 Å². The zero-order chi connectivity index (χ0) is 14.9. The predicted octanol–water partition coefficient (Wildman–Crippen LogP) is 3.57. The number of nitrogens with two attached hydrogens (primary N) is 1. The van der Waals surface area contributed by atoms with Gasteiger partial charge in [0.15, 0.2) is 0 Å². The van der Waals surface area contributed by atoms with E-state index < -0.39 is 0 Å². The molecule has 0 radical (unpaired) electrons. The van der Waals surface area contributed by atoms with Crippen molar-refractivity contribution < 1.29 is 4.74 Å². The van der Waals surface area contributed by atoms with Crippen molar-refractivity contribution in [3.63, 3.8) is 0 Å². The normalized spacial score (nSPS) is 20.2. The number of nitrogens with zero attached hydrogens (tertiary/aromatic N) is 1. The highest BCUT2D eigenvalue weighted by atomic mass is 16.5. The second-order valence-electron chi connectivity index (χ2n) is 6.00. The molecule has 1 aromatic rings. The second-order valence-corrected chi connectivity index (χ2v) is 6.00. The van der Waals surface area contributed by atoms with Crippen molar-refractivity contribution >= 4 is 0 Å². The molecule has 0 amide bonds. The van der Waals surface area contributed by atoms with E-state index in [1.54, 1.807) is 0 Å². The van der Waals surface area contributed by atoms with Crippen molar-refractivity contribution in [1.29, 1.82) is 0 Å². The summed E-state index contributed by atoms with van der Waals surface area (Å²) in [5.74, 6) is 0.945. The van der Waals surface area contributed by atoms with Crippen LogP contribution in [0.3, 0.4) is 0 Å². The minimum absolute atomic E-state index is 0.573. The Morgan fingerprint density at radius 3 is 3.00 bits per heavy atom. The third-order valence-corrected chi connectivity index (χ3v) is 4.46. The maximum Gasteiger partial charge on any atom is 0.119 e. The molecule has 1 fully saturated rings. The first-order valence-corrected chi connectivity index (χ1v) is 8.49. The Kier molecular flexibility index (Phi) is 7.04. The van der Waals surface area contributed by atoms with Crippen molar-refractivity contribution in [1.82, 2.24) is 4.90 Å². The van der Waals surface area contributed by atoms with Crippen molar-refractivity contribution in [3.8, 4) is 5.75 Å². The lowest BCUT2D eigenvalue weighted by Crippen LogP contribution is -2.35. The minimum atomic E-state index is 0.573. The molecule has 1 aromatic carbocycles. The van der Waals surface area contributed by atoms with Gasteiger partial charge in [-0.1, -0.05) is 31.9 Å². The Morgan fingerprint density at radius 2 is 2.19 bits per heavy atom. The summed E-state index contributed by atoms with van der Waals surface area (Å²) < 4.78 is 5.86. The highest BCUT2D eigenvalue weighted by Gasteiger charge is 2.18. The summed E-state index contributed by atoms with van der Waals surface area (Å²) in [6, 6.07) is 8.89. The van der Waals surface area contributed by atoms with Crippen LogP contribution in [0.2, 0.25) is 0 Å². The van der Waals surface area contributed by atoms with Crippen molar-refractivity contribution in [2.75, 3.05) is 19.7 Å².